The van der Waals surface area contributed by atoms with Crippen LogP contribution in [0.15, 0.2) is 231 Å². The summed E-state index contributed by atoms with van der Waals surface area (Å²) < 4.78 is 2.45. The molecule has 0 fully saturated rings. The van der Waals surface area contributed by atoms with Crippen molar-refractivity contribution in [2.24, 2.45) is 0 Å². The van der Waals surface area contributed by atoms with Gasteiger partial charge in [0, 0.05) is 17.1 Å². The van der Waals surface area contributed by atoms with E-state index in [1.54, 1.807) is 0 Å². The Hall–Kier alpha value is -8.20. The van der Waals surface area contributed by atoms with Crippen molar-refractivity contribution in [1.82, 2.24) is 4.57 Å². The molecule has 1 aliphatic rings. The van der Waals surface area contributed by atoms with E-state index in [4.69, 9.17) is 0 Å². The number of benzene rings is 10. The summed E-state index contributed by atoms with van der Waals surface area (Å²) in [7, 11) is 0. The van der Waals surface area contributed by atoms with Crippen LogP contribution in [0.5, 0.6) is 0 Å². The fourth-order valence-electron chi connectivity index (χ4n) is 10.8. The van der Waals surface area contributed by atoms with Crippen molar-refractivity contribution in [2.75, 3.05) is 4.90 Å². The van der Waals surface area contributed by atoms with E-state index in [-0.39, 0.29) is 6.04 Å². The Kier molecular flexibility index (Phi) is 10.0. The summed E-state index contributed by atoms with van der Waals surface area (Å²) in [6.07, 6.45) is 3.36. The van der Waals surface area contributed by atoms with Gasteiger partial charge in [0.1, 0.15) is 0 Å². The molecule has 1 aliphatic heterocycles. The third-order valence-corrected chi connectivity index (χ3v) is 14.3. The van der Waals surface area contributed by atoms with Crippen molar-refractivity contribution < 1.29 is 0 Å². The molecule has 2 heterocycles. The second kappa shape index (κ2) is 16.7. The molecule has 2 heteroatoms. The molecule has 12 rings (SSSR count). The van der Waals surface area contributed by atoms with E-state index in [0.717, 1.165) is 23.5 Å². The van der Waals surface area contributed by atoms with Crippen molar-refractivity contribution in [3.63, 3.8) is 0 Å². The molecular weight excluding hydrogens is 809 g/mol. The fraction of sp³-hybridized carbons (Fsp3) is 0.0769. The second-order valence-electron chi connectivity index (χ2n) is 18.2. The van der Waals surface area contributed by atoms with Gasteiger partial charge in [-0.15, -0.1) is 0 Å². The number of aromatic nitrogens is 1. The van der Waals surface area contributed by atoms with E-state index in [9.17, 15) is 0 Å². The highest BCUT2D eigenvalue weighted by atomic mass is 15.2. The zero-order chi connectivity index (χ0) is 45.0. The number of hydrogen-bond donors (Lipinski definition) is 0. The highest BCUT2D eigenvalue weighted by Gasteiger charge is 2.31. The van der Waals surface area contributed by atoms with Gasteiger partial charge in [0.15, 0.2) is 0 Å². The first-order valence-corrected chi connectivity index (χ1v) is 23.5. The molecule has 0 saturated carbocycles. The molecule has 0 bridgehead atoms. The molecule has 0 aliphatic carbocycles. The van der Waals surface area contributed by atoms with Crippen LogP contribution in [0.2, 0.25) is 0 Å². The molecule has 67 heavy (non-hydrogen) atoms. The molecule has 2 nitrogen and oxygen atoms in total. The standard InChI is InChI=1S/C65H50N2/c1-43-38-53(39-44(2)45(43)3)65-57-33-31-54(66-60(47-19-8-4-9-20-47)34-35-61(66)48-21-10-5-11-22-48)41-58(57)64(52-29-28-46-18-16-17-27-51(46)40-52)56-32-30-55(42-59(56)65)67-62(49-23-12-6-13-24-49)36-37-63(67)50-25-14-7-15-26-50/h4-36,38-42,63H,37H2,1-3H3. The number of rotatable bonds is 8. The first kappa shape index (κ1) is 40.3. The van der Waals surface area contributed by atoms with Gasteiger partial charge in [0.25, 0.3) is 0 Å². The lowest BCUT2D eigenvalue weighted by Gasteiger charge is -2.31. The van der Waals surface area contributed by atoms with Gasteiger partial charge < -0.3 is 9.47 Å². The molecule has 0 radical (unpaired) electrons. The first-order chi connectivity index (χ1) is 33.0. The lowest BCUT2D eigenvalue weighted by molar-refractivity contribution is 0.749. The second-order valence-corrected chi connectivity index (χ2v) is 18.2. The molecule has 1 atom stereocenters. The summed E-state index contributed by atoms with van der Waals surface area (Å²) in [6.45, 7) is 6.77. The Morgan fingerprint density at radius 1 is 0.373 bits per heavy atom. The molecule has 0 N–H and O–H groups in total. The molecule has 320 valence electrons. The summed E-state index contributed by atoms with van der Waals surface area (Å²) in [5.74, 6) is 0. The molecule has 10 aromatic carbocycles. The highest BCUT2D eigenvalue weighted by Crippen LogP contribution is 2.50. The van der Waals surface area contributed by atoms with Crippen molar-refractivity contribution in [3.8, 4) is 50.5 Å². The van der Waals surface area contributed by atoms with Gasteiger partial charge in [-0.2, -0.15) is 0 Å². The van der Waals surface area contributed by atoms with Crippen molar-refractivity contribution >= 4 is 43.7 Å². The lowest BCUT2D eigenvalue weighted by atomic mass is 9.84. The van der Waals surface area contributed by atoms with Crippen molar-refractivity contribution in [2.45, 2.75) is 33.2 Å². The zero-order valence-electron chi connectivity index (χ0n) is 38.1. The van der Waals surface area contributed by atoms with Crippen LogP contribution in [0.1, 0.15) is 40.3 Å². The Labute approximate surface area is 393 Å². The minimum atomic E-state index is 0.156. The molecule has 1 unspecified atom stereocenters. The molecule has 0 saturated heterocycles. The minimum absolute atomic E-state index is 0.156. The SMILES string of the molecule is Cc1cc(-c2c3ccc(-n4c(-c5ccccc5)ccc4-c4ccccc4)cc3c(-c3ccc4ccccc4c3)c3ccc(N4C(c5ccccc5)=CCC4c4ccccc4)cc23)cc(C)c1C. The van der Waals surface area contributed by atoms with Gasteiger partial charge in [-0.25, -0.2) is 0 Å². The Morgan fingerprint density at radius 2 is 0.881 bits per heavy atom. The van der Waals surface area contributed by atoms with Crippen molar-refractivity contribution in [1.29, 1.82) is 0 Å². The maximum atomic E-state index is 2.59. The maximum Gasteiger partial charge on any atom is 0.0626 e. The highest BCUT2D eigenvalue weighted by molar-refractivity contribution is 6.23. The number of nitrogens with zero attached hydrogens (tertiary/aromatic N) is 2. The average molecular weight is 859 g/mol. The van der Waals surface area contributed by atoms with Crippen LogP contribution in [0, 0.1) is 20.8 Å². The first-order valence-electron chi connectivity index (χ1n) is 23.5. The van der Waals surface area contributed by atoms with Crippen LogP contribution >= 0.6 is 0 Å². The number of aryl methyl sites for hydroxylation is 2. The van der Waals surface area contributed by atoms with Crippen LogP contribution in [0.3, 0.4) is 0 Å². The Morgan fingerprint density at radius 3 is 1.49 bits per heavy atom. The summed E-state index contributed by atoms with van der Waals surface area (Å²) in [4.78, 5) is 2.59. The quantitative estimate of drug-likeness (QED) is 0.138. The van der Waals surface area contributed by atoms with Crippen LogP contribution in [0.4, 0.5) is 5.69 Å². The van der Waals surface area contributed by atoms with E-state index < -0.39 is 0 Å². The topological polar surface area (TPSA) is 8.17 Å². The molecule has 0 amide bonds. The average Bonchev–Trinajstić information content (AvgIpc) is 4.04. The zero-order valence-corrected chi connectivity index (χ0v) is 38.1. The minimum Gasteiger partial charge on any atom is -0.333 e. The number of fused-ring (bicyclic) bond motifs is 3. The smallest absolute Gasteiger partial charge is 0.0626 e. The monoisotopic (exact) mass is 858 g/mol. The van der Waals surface area contributed by atoms with Gasteiger partial charge >= 0.3 is 0 Å². The van der Waals surface area contributed by atoms with Crippen LogP contribution in [-0.2, 0) is 0 Å². The van der Waals surface area contributed by atoms with E-state index >= 15 is 0 Å². The fourth-order valence-corrected chi connectivity index (χ4v) is 10.8. The van der Waals surface area contributed by atoms with E-state index in [0.29, 0.717) is 0 Å². The van der Waals surface area contributed by atoms with Gasteiger partial charge in [-0.3, -0.25) is 0 Å². The third-order valence-electron chi connectivity index (χ3n) is 14.3. The maximum absolute atomic E-state index is 2.59. The molecule has 0 spiro atoms. The predicted molar refractivity (Wildman–Crippen MR) is 285 cm³/mol. The summed E-state index contributed by atoms with van der Waals surface area (Å²) in [5.41, 5.74) is 19.6. The Bertz CT molecular complexity index is 3600. The summed E-state index contributed by atoms with van der Waals surface area (Å²) in [5, 5.41) is 7.39. The van der Waals surface area contributed by atoms with Crippen LogP contribution < -0.4 is 4.90 Å². The predicted octanol–water partition coefficient (Wildman–Crippen LogP) is 17.5. The summed E-state index contributed by atoms with van der Waals surface area (Å²) in [6, 6.07) is 83.3. The van der Waals surface area contributed by atoms with Gasteiger partial charge in [-0.05, 0) is 163 Å². The van der Waals surface area contributed by atoms with Crippen LogP contribution in [-0.4, -0.2) is 4.57 Å². The summed E-state index contributed by atoms with van der Waals surface area (Å²) >= 11 is 0. The van der Waals surface area contributed by atoms with Gasteiger partial charge in [0.2, 0.25) is 0 Å². The number of hydrogen-bond acceptors (Lipinski definition) is 1. The number of anilines is 1. The van der Waals surface area contributed by atoms with E-state index in [2.05, 4.69) is 261 Å². The van der Waals surface area contributed by atoms with E-state index in [1.165, 1.54) is 105 Å². The molecule has 1 aromatic heterocycles. The van der Waals surface area contributed by atoms with Gasteiger partial charge in [0.05, 0.1) is 17.4 Å². The van der Waals surface area contributed by atoms with Crippen LogP contribution in [0.25, 0.3) is 88.5 Å². The van der Waals surface area contributed by atoms with Gasteiger partial charge in [-0.1, -0.05) is 188 Å². The molecule has 11 aromatic rings. The Balaban J connectivity index is 1.19. The largest absolute Gasteiger partial charge is 0.333 e. The van der Waals surface area contributed by atoms with E-state index in [1.807, 2.05) is 0 Å². The third kappa shape index (κ3) is 7.05. The van der Waals surface area contributed by atoms with Crippen molar-refractivity contribution in [3.05, 3.63) is 258 Å². The lowest BCUT2D eigenvalue weighted by Crippen LogP contribution is -2.22. The normalized spacial score (nSPS) is 13.7. The molecular formula is C65H50N2.